The Morgan fingerprint density at radius 1 is 1.29 bits per heavy atom. The van der Waals surface area contributed by atoms with Crippen molar-refractivity contribution in [3.8, 4) is 5.75 Å². The standard InChI is InChI=1S/C22H20ClFN4O2S/c1-15-16(23)7-8-19-21(15)26-22(31-19)28(11-4-10-27-12-9-25-14-27)20(29)13-30-18-6-3-2-5-17(18)24/h2-3,5-9,12,14H,4,10-11,13H2,1H3. The SMILES string of the molecule is Cc1c(Cl)ccc2sc(N(CCCn3ccnc3)C(=O)COc3ccccc3F)nc12. The van der Waals surface area contributed by atoms with Crippen molar-refractivity contribution in [3.05, 3.63) is 71.5 Å². The Morgan fingerprint density at radius 3 is 2.90 bits per heavy atom. The van der Waals surface area contributed by atoms with Crippen LogP contribution in [0.3, 0.4) is 0 Å². The average Bonchev–Trinajstić information content (AvgIpc) is 3.43. The van der Waals surface area contributed by atoms with Gasteiger partial charge in [-0.2, -0.15) is 0 Å². The predicted molar refractivity (Wildman–Crippen MR) is 120 cm³/mol. The van der Waals surface area contributed by atoms with Crippen LogP contribution in [0.5, 0.6) is 5.75 Å². The first kappa shape index (κ1) is 21.3. The molecule has 0 bridgehead atoms. The zero-order valence-corrected chi connectivity index (χ0v) is 18.4. The second-order valence-electron chi connectivity index (χ2n) is 6.93. The number of thiazole rings is 1. The van der Waals surface area contributed by atoms with Gasteiger partial charge in [-0.15, -0.1) is 0 Å². The maximum atomic E-state index is 13.9. The number of aromatic nitrogens is 3. The third kappa shape index (κ3) is 4.86. The number of benzene rings is 2. The van der Waals surface area contributed by atoms with E-state index in [9.17, 15) is 9.18 Å². The van der Waals surface area contributed by atoms with Crippen LogP contribution in [0.4, 0.5) is 9.52 Å². The number of carbonyl (C=O) groups is 1. The molecule has 6 nitrogen and oxygen atoms in total. The highest BCUT2D eigenvalue weighted by Crippen LogP contribution is 2.33. The molecule has 0 aliphatic rings. The topological polar surface area (TPSA) is 60.2 Å². The van der Waals surface area contributed by atoms with Gasteiger partial charge in [-0.25, -0.2) is 14.4 Å². The number of nitrogens with zero attached hydrogens (tertiary/aromatic N) is 4. The van der Waals surface area contributed by atoms with E-state index >= 15 is 0 Å². The van der Waals surface area contributed by atoms with Gasteiger partial charge in [-0.05, 0) is 43.2 Å². The summed E-state index contributed by atoms with van der Waals surface area (Å²) >= 11 is 7.65. The quantitative estimate of drug-likeness (QED) is 0.368. The van der Waals surface area contributed by atoms with E-state index in [4.69, 9.17) is 16.3 Å². The van der Waals surface area contributed by atoms with Gasteiger partial charge in [0.15, 0.2) is 23.3 Å². The summed E-state index contributed by atoms with van der Waals surface area (Å²) in [5.41, 5.74) is 1.64. The molecule has 2 aromatic carbocycles. The van der Waals surface area contributed by atoms with Crippen LogP contribution in [-0.2, 0) is 11.3 Å². The van der Waals surface area contributed by atoms with E-state index in [0.29, 0.717) is 29.7 Å². The monoisotopic (exact) mass is 458 g/mol. The number of aryl methyl sites for hydroxylation is 2. The molecular weight excluding hydrogens is 439 g/mol. The number of anilines is 1. The first-order valence-corrected chi connectivity index (χ1v) is 10.9. The minimum atomic E-state index is -0.507. The third-order valence-electron chi connectivity index (χ3n) is 4.81. The second-order valence-corrected chi connectivity index (χ2v) is 8.35. The number of fused-ring (bicyclic) bond motifs is 1. The lowest BCUT2D eigenvalue weighted by molar-refractivity contribution is -0.120. The number of rotatable bonds is 8. The highest BCUT2D eigenvalue weighted by molar-refractivity contribution is 7.22. The lowest BCUT2D eigenvalue weighted by Crippen LogP contribution is -2.36. The van der Waals surface area contributed by atoms with Gasteiger partial charge in [0.2, 0.25) is 0 Å². The van der Waals surface area contributed by atoms with Crippen LogP contribution in [0, 0.1) is 12.7 Å². The Bertz CT molecular complexity index is 1200. The predicted octanol–water partition coefficient (Wildman–Crippen LogP) is 5.10. The molecule has 9 heteroatoms. The van der Waals surface area contributed by atoms with Crippen molar-refractivity contribution in [2.45, 2.75) is 19.9 Å². The molecular formula is C22H20ClFN4O2S. The molecule has 1 amide bonds. The van der Waals surface area contributed by atoms with E-state index in [-0.39, 0.29) is 18.3 Å². The molecule has 160 valence electrons. The summed E-state index contributed by atoms with van der Waals surface area (Å²) in [6.07, 6.45) is 6.01. The van der Waals surface area contributed by atoms with E-state index < -0.39 is 5.82 Å². The van der Waals surface area contributed by atoms with Gasteiger partial charge in [-0.1, -0.05) is 35.1 Å². The number of ether oxygens (including phenoxy) is 1. The molecule has 4 aromatic rings. The Hall–Kier alpha value is -2.97. The molecule has 0 spiro atoms. The molecule has 0 radical (unpaired) electrons. The highest BCUT2D eigenvalue weighted by Gasteiger charge is 2.21. The van der Waals surface area contributed by atoms with Crippen molar-refractivity contribution < 1.29 is 13.9 Å². The molecule has 0 saturated carbocycles. The number of hydrogen-bond donors (Lipinski definition) is 0. The van der Waals surface area contributed by atoms with Crippen LogP contribution in [0.25, 0.3) is 10.2 Å². The van der Waals surface area contributed by atoms with Crippen molar-refractivity contribution in [3.63, 3.8) is 0 Å². The van der Waals surface area contributed by atoms with Gasteiger partial charge >= 0.3 is 0 Å². The number of hydrogen-bond acceptors (Lipinski definition) is 5. The summed E-state index contributed by atoms with van der Waals surface area (Å²) in [5.74, 6) is -0.759. The van der Waals surface area contributed by atoms with Crippen molar-refractivity contribution >= 4 is 44.2 Å². The second kappa shape index (κ2) is 9.45. The van der Waals surface area contributed by atoms with Crippen LogP contribution < -0.4 is 9.64 Å². The van der Waals surface area contributed by atoms with Crippen LogP contribution in [0.2, 0.25) is 5.02 Å². The van der Waals surface area contributed by atoms with Crippen LogP contribution >= 0.6 is 22.9 Å². The van der Waals surface area contributed by atoms with Gasteiger partial charge in [0, 0.05) is 30.5 Å². The minimum Gasteiger partial charge on any atom is -0.481 e. The number of halogens is 2. The van der Waals surface area contributed by atoms with E-state index in [1.165, 1.54) is 23.5 Å². The van der Waals surface area contributed by atoms with E-state index in [1.54, 1.807) is 29.6 Å². The summed E-state index contributed by atoms with van der Waals surface area (Å²) in [7, 11) is 0. The van der Waals surface area contributed by atoms with Crippen LogP contribution in [-0.4, -0.2) is 33.6 Å². The average molecular weight is 459 g/mol. The highest BCUT2D eigenvalue weighted by atomic mass is 35.5. The van der Waals surface area contributed by atoms with Crippen molar-refractivity contribution in [2.75, 3.05) is 18.1 Å². The lowest BCUT2D eigenvalue weighted by atomic mass is 10.2. The maximum Gasteiger partial charge on any atom is 0.266 e. The zero-order valence-electron chi connectivity index (χ0n) is 16.8. The summed E-state index contributed by atoms with van der Waals surface area (Å²) in [6, 6.07) is 9.74. The summed E-state index contributed by atoms with van der Waals surface area (Å²) in [4.78, 5) is 23.4. The molecule has 2 heterocycles. The van der Waals surface area contributed by atoms with Crippen LogP contribution in [0.15, 0.2) is 55.1 Å². The van der Waals surface area contributed by atoms with E-state index in [2.05, 4.69) is 9.97 Å². The van der Waals surface area contributed by atoms with Crippen molar-refractivity contribution in [2.24, 2.45) is 0 Å². The fourth-order valence-electron chi connectivity index (χ4n) is 3.14. The molecule has 31 heavy (non-hydrogen) atoms. The van der Waals surface area contributed by atoms with Gasteiger partial charge in [-0.3, -0.25) is 9.69 Å². The molecule has 0 atom stereocenters. The number of para-hydroxylation sites is 1. The Balaban J connectivity index is 1.55. The molecule has 0 aliphatic carbocycles. The Labute approximate surface area is 187 Å². The largest absolute Gasteiger partial charge is 0.481 e. The molecule has 0 saturated heterocycles. The van der Waals surface area contributed by atoms with E-state index in [0.717, 1.165) is 15.8 Å². The molecule has 4 rings (SSSR count). The Morgan fingerprint density at radius 2 is 2.13 bits per heavy atom. The summed E-state index contributed by atoms with van der Waals surface area (Å²) < 4.78 is 22.2. The summed E-state index contributed by atoms with van der Waals surface area (Å²) in [5, 5.41) is 1.19. The number of carbonyl (C=O) groups excluding carboxylic acids is 1. The number of imidazole rings is 1. The maximum absolute atomic E-state index is 13.9. The normalized spacial score (nSPS) is 11.1. The van der Waals surface area contributed by atoms with Crippen molar-refractivity contribution in [1.82, 2.24) is 14.5 Å². The zero-order chi connectivity index (χ0) is 21.8. The van der Waals surface area contributed by atoms with Crippen LogP contribution in [0.1, 0.15) is 12.0 Å². The molecule has 0 unspecified atom stereocenters. The fourth-order valence-corrected chi connectivity index (χ4v) is 4.36. The van der Waals surface area contributed by atoms with Crippen molar-refractivity contribution in [1.29, 1.82) is 0 Å². The van der Waals surface area contributed by atoms with Gasteiger partial charge in [0.1, 0.15) is 0 Å². The molecule has 0 N–H and O–H groups in total. The molecule has 0 aliphatic heterocycles. The van der Waals surface area contributed by atoms with Gasteiger partial charge < -0.3 is 9.30 Å². The molecule has 2 aromatic heterocycles. The van der Waals surface area contributed by atoms with Gasteiger partial charge in [0.25, 0.3) is 5.91 Å². The fraction of sp³-hybridized carbons (Fsp3) is 0.227. The summed E-state index contributed by atoms with van der Waals surface area (Å²) in [6.45, 7) is 2.75. The first-order chi connectivity index (χ1) is 15.0. The third-order valence-corrected chi connectivity index (χ3v) is 6.27. The lowest BCUT2D eigenvalue weighted by Gasteiger charge is -2.20. The first-order valence-electron chi connectivity index (χ1n) is 9.72. The van der Waals surface area contributed by atoms with E-state index in [1.807, 2.05) is 29.8 Å². The molecule has 0 fully saturated rings. The smallest absolute Gasteiger partial charge is 0.266 e. The minimum absolute atomic E-state index is 0.0427. The van der Waals surface area contributed by atoms with Gasteiger partial charge in [0.05, 0.1) is 16.5 Å². The number of amides is 1. The Kier molecular flexibility index (Phi) is 6.48.